The first kappa shape index (κ1) is 19.6. The van der Waals surface area contributed by atoms with Crippen molar-refractivity contribution in [1.29, 1.82) is 0 Å². The lowest BCUT2D eigenvalue weighted by molar-refractivity contribution is -0.143. The van der Waals surface area contributed by atoms with Gasteiger partial charge in [-0.15, -0.1) is 10.2 Å². The van der Waals surface area contributed by atoms with Crippen LogP contribution in [0.25, 0.3) is 26.9 Å². The SMILES string of the molecule is [C-]#[N+]c1ccc(-c2nnc(N[C@@H]3CC[C@@H](C(=O)O)N(C)C3)c3ccccc23)c(O)c1. The quantitative estimate of drug-likeness (QED) is 0.573. The zero-order chi connectivity index (χ0) is 21.3. The summed E-state index contributed by atoms with van der Waals surface area (Å²) >= 11 is 0. The van der Waals surface area contributed by atoms with E-state index in [-0.39, 0.29) is 11.8 Å². The number of carboxylic acid groups (broad SMARTS) is 1. The zero-order valence-electron chi connectivity index (χ0n) is 16.4. The maximum atomic E-state index is 11.3. The number of aromatic nitrogens is 2. The van der Waals surface area contributed by atoms with E-state index in [4.69, 9.17) is 6.57 Å². The van der Waals surface area contributed by atoms with Crippen molar-refractivity contribution in [1.82, 2.24) is 15.1 Å². The molecule has 0 radical (unpaired) electrons. The lowest BCUT2D eigenvalue weighted by Gasteiger charge is -2.35. The van der Waals surface area contributed by atoms with Gasteiger partial charge in [-0.25, -0.2) is 4.85 Å². The fourth-order valence-corrected chi connectivity index (χ4v) is 3.97. The number of hydrogen-bond donors (Lipinski definition) is 3. The molecule has 0 aliphatic carbocycles. The third kappa shape index (κ3) is 3.63. The molecule has 152 valence electrons. The molecule has 0 bridgehead atoms. The van der Waals surface area contributed by atoms with Crippen molar-refractivity contribution in [2.24, 2.45) is 0 Å². The Hall–Kier alpha value is -3.70. The predicted molar refractivity (Wildman–Crippen MR) is 114 cm³/mol. The lowest BCUT2D eigenvalue weighted by Crippen LogP contribution is -2.49. The van der Waals surface area contributed by atoms with Gasteiger partial charge in [0.1, 0.15) is 17.5 Å². The van der Waals surface area contributed by atoms with Gasteiger partial charge in [-0.1, -0.05) is 36.4 Å². The highest BCUT2D eigenvalue weighted by molar-refractivity contribution is 6.01. The Kier molecular flexibility index (Phi) is 5.21. The summed E-state index contributed by atoms with van der Waals surface area (Å²) in [5.41, 5.74) is 1.41. The summed E-state index contributed by atoms with van der Waals surface area (Å²) in [5.74, 6) is -0.189. The smallest absolute Gasteiger partial charge is 0.320 e. The zero-order valence-corrected chi connectivity index (χ0v) is 16.4. The summed E-state index contributed by atoms with van der Waals surface area (Å²) in [5, 5.41) is 33.5. The van der Waals surface area contributed by atoms with Gasteiger partial charge >= 0.3 is 5.97 Å². The Bertz CT molecular complexity index is 1160. The van der Waals surface area contributed by atoms with Gasteiger partial charge in [0.05, 0.1) is 6.57 Å². The van der Waals surface area contributed by atoms with Gasteiger partial charge in [0.2, 0.25) is 0 Å². The minimum absolute atomic E-state index is 0.0164. The molecule has 0 amide bonds. The molecule has 1 aromatic heterocycles. The minimum Gasteiger partial charge on any atom is -0.509 e. The molecule has 3 N–H and O–H groups in total. The van der Waals surface area contributed by atoms with Crippen molar-refractivity contribution in [3.63, 3.8) is 0 Å². The maximum Gasteiger partial charge on any atom is 0.320 e. The second kappa shape index (κ2) is 7.97. The van der Waals surface area contributed by atoms with Gasteiger partial charge in [0.15, 0.2) is 11.5 Å². The Balaban J connectivity index is 1.67. The molecule has 4 rings (SSSR count). The number of rotatable bonds is 4. The van der Waals surface area contributed by atoms with Crippen molar-refractivity contribution >= 4 is 28.2 Å². The minimum atomic E-state index is -0.797. The number of carbonyl (C=O) groups is 1. The number of benzene rings is 2. The van der Waals surface area contributed by atoms with Gasteiger partial charge in [-0.2, -0.15) is 0 Å². The van der Waals surface area contributed by atoms with E-state index in [1.54, 1.807) is 12.1 Å². The molecule has 2 aromatic carbocycles. The molecule has 30 heavy (non-hydrogen) atoms. The van der Waals surface area contributed by atoms with Crippen LogP contribution in [0.3, 0.4) is 0 Å². The van der Waals surface area contributed by atoms with Gasteiger partial charge in [0.25, 0.3) is 0 Å². The van der Waals surface area contributed by atoms with Crippen molar-refractivity contribution in [2.45, 2.75) is 24.9 Å². The van der Waals surface area contributed by atoms with Crippen LogP contribution >= 0.6 is 0 Å². The standard InChI is InChI=1S/C22H21N5O3/c1-23-13-7-9-17(19(28)11-13)20-15-5-3-4-6-16(15)21(26-25-20)24-14-8-10-18(22(29)30)27(2)12-14/h3-7,9,11,14,18,28H,8,10,12H2,2H3,(H,24,26)(H,29,30)/t14-,18+/m1/s1. The number of phenolic OH excluding ortho intramolecular Hbond substituents is 1. The number of carboxylic acids is 1. The molecule has 2 heterocycles. The molecular formula is C22H21N5O3. The molecule has 2 atom stereocenters. The van der Waals surface area contributed by atoms with Crippen molar-refractivity contribution in [2.75, 3.05) is 18.9 Å². The van der Waals surface area contributed by atoms with Crippen LogP contribution in [0.2, 0.25) is 0 Å². The summed E-state index contributed by atoms with van der Waals surface area (Å²) in [6.07, 6.45) is 1.28. The van der Waals surface area contributed by atoms with Crippen LogP contribution < -0.4 is 5.32 Å². The van der Waals surface area contributed by atoms with Crippen LogP contribution in [0.5, 0.6) is 5.75 Å². The number of fused-ring (bicyclic) bond motifs is 1. The van der Waals surface area contributed by atoms with Crippen LogP contribution in [0.15, 0.2) is 42.5 Å². The summed E-state index contributed by atoms with van der Waals surface area (Å²) in [4.78, 5) is 16.5. The molecule has 1 saturated heterocycles. The van der Waals surface area contributed by atoms with E-state index in [1.807, 2.05) is 36.2 Å². The third-order valence-corrected chi connectivity index (χ3v) is 5.51. The molecule has 1 aliphatic rings. The first-order valence-electron chi connectivity index (χ1n) is 9.63. The van der Waals surface area contributed by atoms with E-state index >= 15 is 0 Å². The molecule has 8 heteroatoms. The van der Waals surface area contributed by atoms with Crippen LogP contribution in [-0.4, -0.2) is 57.0 Å². The van der Waals surface area contributed by atoms with Gasteiger partial charge in [0, 0.05) is 28.9 Å². The lowest BCUT2D eigenvalue weighted by atomic mass is 9.98. The largest absolute Gasteiger partial charge is 0.509 e. The second-order valence-electron chi connectivity index (χ2n) is 7.47. The third-order valence-electron chi connectivity index (χ3n) is 5.51. The Morgan fingerprint density at radius 1 is 1.20 bits per heavy atom. The molecule has 1 aliphatic heterocycles. The number of nitrogens with one attached hydrogen (secondary N) is 1. The van der Waals surface area contributed by atoms with Crippen molar-refractivity contribution < 1.29 is 15.0 Å². The number of nitrogens with zero attached hydrogens (tertiary/aromatic N) is 4. The number of hydrogen-bond acceptors (Lipinski definition) is 6. The topological polar surface area (TPSA) is 103 Å². The van der Waals surface area contributed by atoms with Crippen LogP contribution in [-0.2, 0) is 4.79 Å². The summed E-state index contributed by atoms with van der Waals surface area (Å²) in [6, 6.07) is 12.0. The molecule has 0 spiro atoms. The first-order valence-corrected chi connectivity index (χ1v) is 9.63. The van der Waals surface area contributed by atoms with Gasteiger partial charge < -0.3 is 15.5 Å². The average molecular weight is 403 g/mol. The van der Waals surface area contributed by atoms with E-state index < -0.39 is 12.0 Å². The highest BCUT2D eigenvalue weighted by Crippen LogP contribution is 2.36. The predicted octanol–water partition coefficient (Wildman–Crippen LogP) is 3.51. The second-order valence-corrected chi connectivity index (χ2v) is 7.47. The van der Waals surface area contributed by atoms with Gasteiger partial charge in [-0.05, 0) is 26.0 Å². The van der Waals surface area contributed by atoms with Crippen LogP contribution in [0, 0.1) is 6.57 Å². The molecular weight excluding hydrogens is 382 g/mol. The van der Waals surface area contributed by atoms with Gasteiger partial charge in [-0.3, -0.25) is 9.69 Å². The number of aliphatic carboxylic acids is 1. The number of aromatic hydroxyl groups is 1. The highest BCUT2D eigenvalue weighted by Gasteiger charge is 2.30. The van der Waals surface area contributed by atoms with Crippen LogP contribution in [0.4, 0.5) is 11.5 Å². The van der Waals surface area contributed by atoms with E-state index in [2.05, 4.69) is 20.4 Å². The maximum absolute atomic E-state index is 11.3. The van der Waals surface area contributed by atoms with E-state index in [9.17, 15) is 15.0 Å². The monoisotopic (exact) mass is 403 g/mol. The average Bonchev–Trinajstić information content (AvgIpc) is 2.74. The molecule has 0 saturated carbocycles. The Morgan fingerprint density at radius 2 is 1.97 bits per heavy atom. The van der Waals surface area contributed by atoms with Crippen molar-refractivity contribution in [3.8, 4) is 17.0 Å². The number of piperidine rings is 1. The first-order chi connectivity index (χ1) is 14.5. The summed E-state index contributed by atoms with van der Waals surface area (Å²) in [7, 11) is 1.81. The number of anilines is 1. The summed E-state index contributed by atoms with van der Waals surface area (Å²) < 4.78 is 0. The Labute approximate surface area is 173 Å². The number of likely N-dealkylation sites (N-methyl/N-ethyl adjacent to an activating group) is 1. The highest BCUT2D eigenvalue weighted by atomic mass is 16.4. The molecule has 0 unspecified atom stereocenters. The summed E-state index contributed by atoms with van der Waals surface area (Å²) in [6.45, 7) is 7.68. The normalized spacial score (nSPS) is 19.3. The fourth-order valence-electron chi connectivity index (χ4n) is 3.97. The molecule has 8 nitrogen and oxygen atoms in total. The molecule has 3 aromatic rings. The van der Waals surface area contributed by atoms with E-state index in [0.29, 0.717) is 35.7 Å². The Morgan fingerprint density at radius 3 is 2.63 bits per heavy atom. The molecule has 1 fully saturated rings. The van der Waals surface area contributed by atoms with Crippen molar-refractivity contribution in [3.05, 3.63) is 53.9 Å². The fraction of sp³-hybridized carbons (Fsp3) is 0.273. The number of phenols is 1. The van der Waals surface area contributed by atoms with E-state index in [0.717, 1.165) is 17.2 Å². The van der Waals surface area contributed by atoms with E-state index in [1.165, 1.54) is 6.07 Å². The van der Waals surface area contributed by atoms with Crippen LogP contribution in [0.1, 0.15) is 12.8 Å². The number of likely N-dealkylation sites (tertiary alicyclic amines) is 1.